The number of halogens is 3. The monoisotopic (exact) mass is 452 g/mol. The third-order valence-corrected chi connectivity index (χ3v) is 4.09. The van der Waals surface area contributed by atoms with Crippen LogP contribution in [0.1, 0.15) is 31.9 Å². The molecule has 0 atom stereocenters. The zero-order valence-electron chi connectivity index (χ0n) is 14.6. The Bertz CT molecular complexity index is 715. The predicted octanol–water partition coefficient (Wildman–Crippen LogP) is 7.23. The van der Waals surface area contributed by atoms with Crippen molar-refractivity contribution < 1.29 is 19.8 Å². The van der Waals surface area contributed by atoms with Gasteiger partial charge in [-0.2, -0.15) is 0 Å². The van der Waals surface area contributed by atoms with Gasteiger partial charge in [0.15, 0.2) is 0 Å². The molecule has 2 rings (SSSR count). The summed E-state index contributed by atoms with van der Waals surface area (Å²) in [6.07, 6.45) is 3.77. The summed E-state index contributed by atoms with van der Waals surface area (Å²) < 4.78 is 0. The minimum absolute atomic E-state index is 0.0922. The van der Waals surface area contributed by atoms with Crippen molar-refractivity contribution in [2.24, 2.45) is 4.99 Å². The van der Waals surface area contributed by atoms with Gasteiger partial charge >= 0.3 is 42.6 Å². The number of aromatic hydroxyl groups is 1. The summed E-state index contributed by atoms with van der Waals surface area (Å²) in [5.41, 5.74) is 2.51. The number of rotatable bonds is 3. The van der Waals surface area contributed by atoms with Gasteiger partial charge < -0.3 is 5.11 Å². The van der Waals surface area contributed by atoms with Gasteiger partial charge in [0.2, 0.25) is 0 Å². The summed E-state index contributed by atoms with van der Waals surface area (Å²) >= 11 is -0.251. The summed E-state index contributed by atoms with van der Waals surface area (Å²) in [5.74, 6) is 0.315. The van der Waals surface area contributed by atoms with Gasteiger partial charge in [0.1, 0.15) is 5.75 Å². The van der Waals surface area contributed by atoms with Crippen molar-refractivity contribution in [3.63, 3.8) is 0 Å². The quantitative estimate of drug-likeness (QED) is 0.302. The van der Waals surface area contributed by atoms with Crippen LogP contribution >= 0.6 is 39.7 Å². The van der Waals surface area contributed by atoms with Gasteiger partial charge in [-0.05, 0) is 35.4 Å². The number of phenolic OH excluding ortho intramolecular Hbond substituents is 1. The number of thioether (sulfide) groups is 1. The molecule has 0 spiro atoms. The Kier molecular flexibility index (Phi) is 9.94. The number of hydrogen-bond acceptors (Lipinski definition) is 3. The summed E-state index contributed by atoms with van der Waals surface area (Å²) in [6, 6.07) is 13.8. The van der Waals surface area contributed by atoms with Crippen molar-refractivity contribution in [3.05, 3.63) is 53.6 Å². The van der Waals surface area contributed by atoms with Crippen LogP contribution in [0.15, 0.2) is 52.4 Å². The van der Waals surface area contributed by atoms with E-state index < -0.39 is 14.7 Å². The molecule has 0 saturated carbocycles. The molecule has 2 aromatic rings. The van der Waals surface area contributed by atoms with E-state index in [1.807, 2.05) is 48.7 Å². The van der Waals surface area contributed by atoms with Gasteiger partial charge in [0.05, 0.1) is 5.69 Å². The van der Waals surface area contributed by atoms with Crippen LogP contribution in [0.3, 0.4) is 0 Å². The van der Waals surface area contributed by atoms with Crippen molar-refractivity contribution in [2.45, 2.75) is 31.1 Å². The average Bonchev–Trinajstić information content (AvgIpc) is 2.52. The zero-order chi connectivity index (χ0) is 19.0. The molecule has 0 bridgehead atoms. The van der Waals surface area contributed by atoms with E-state index in [2.05, 4.69) is 25.8 Å². The molecule has 7 heteroatoms. The number of aliphatic imine (C=N–C) groups is 1. The number of benzene rings is 2. The third kappa shape index (κ3) is 7.94. The van der Waals surface area contributed by atoms with Gasteiger partial charge in [-0.1, -0.05) is 45.0 Å². The summed E-state index contributed by atoms with van der Waals surface area (Å²) in [7, 11) is 14.9. The predicted molar refractivity (Wildman–Crippen MR) is 110 cm³/mol. The minimum atomic E-state index is -1.92. The Morgan fingerprint density at radius 1 is 1.04 bits per heavy atom. The van der Waals surface area contributed by atoms with Crippen LogP contribution in [0, 0.1) is 0 Å². The average molecular weight is 454 g/mol. The first-order valence-corrected chi connectivity index (χ1v) is 15.2. The van der Waals surface area contributed by atoms with Crippen molar-refractivity contribution in [3.8, 4) is 5.75 Å². The van der Waals surface area contributed by atoms with E-state index in [1.165, 1.54) is 0 Å². The SMILES string of the molecule is CSc1ccccc1N=Cc1cccc(C(C)(C)C)c1O.[Cl][Ti]([Cl])[Cl]. The Labute approximate surface area is 172 Å². The molecular formula is C18H21Cl3NOSTi. The van der Waals surface area contributed by atoms with Gasteiger partial charge in [0, 0.05) is 16.7 Å². The zero-order valence-corrected chi connectivity index (χ0v) is 19.2. The molecule has 0 heterocycles. The molecule has 0 saturated heterocycles. The topological polar surface area (TPSA) is 32.6 Å². The van der Waals surface area contributed by atoms with Gasteiger partial charge in [-0.3, -0.25) is 4.99 Å². The number of nitrogens with zero attached hydrogens (tertiary/aromatic N) is 1. The van der Waals surface area contributed by atoms with E-state index >= 15 is 0 Å². The second-order valence-corrected chi connectivity index (χ2v) is 14.7. The van der Waals surface area contributed by atoms with Crippen molar-refractivity contribution in [1.82, 2.24) is 0 Å². The van der Waals surface area contributed by atoms with E-state index in [0.717, 1.165) is 21.7 Å². The fourth-order valence-electron chi connectivity index (χ4n) is 2.15. The molecule has 1 N–H and O–H groups in total. The van der Waals surface area contributed by atoms with Crippen molar-refractivity contribution in [1.29, 1.82) is 0 Å². The van der Waals surface area contributed by atoms with Crippen LogP contribution in [-0.4, -0.2) is 17.6 Å². The standard InChI is InChI=1S/C18H21NOS.3ClH.Ti/c1-18(2,3)14-9-7-8-13(17(14)20)12-19-15-10-5-6-11-16(15)21-4;;;;/h5-12,20H,1-4H3;3*1H;/q;;;;+3/p-3. The molecular weight excluding hydrogens is 432 g/mol. The van der Waals surface area contributed by atoms with Gasteiger partial charge in [-0.25, -0.2) is 0 Å². The Morgan fingerprint density at radius 2 is 1.64 bits per heavy atom. The molecule has 25 heavy (non-hydrogen) atoms. The fourth-order valence-corrected chi connectivity index (χ4v) is 2.69. The van der Waals surface area contributed by atoms with Crippen LogP contribution < -0.4 is 0 Å². The maximum absolute atomic E-state index is 10.4. The maximum atomic E-state index is 10.4. The van der Waals surface area contributed by atoms with E-state index in [0.29, 0.717) is 5.75 Å². The van der Waals surface area contributed by atoms with Crippen LogP contribution in [0.4, 0.5) is 5.69 Å². The van der Waals surface area contributed by atoms with Crippen LogP contribution in [0.25, 0.3) is 0 Å². The molecule has 0 fully saturated rings. The Balaban J connectivity index is 0.000000705. The first-order chi connectivity index (χ1) is 11.7. The summed E-state index contributed by atoms with van der Waals surface area (Å²) in [5, 5.41) is 10.4. The van der Waals surface area contributed by atoms with Crippen LogP contribution in [0.5, 0.6) is 5.75 Å². The Morgan fingerprint density at radius 3 is 2.20 bits per heavy atom. The van der Waals surface area contributed by atoms with Gasteiger partial charge in [0.25, 0.3) is 0 Å². The molecule has 0 radical (unpaired) electrons. The number of para-hydroxylation sites is 2. The van der Waals surface area contributed by atoms with E-state index in [4.69, 9.17) is 27.9 Å². The van der Waals surface area contributed by atoms with E-state index in [-0.39, 0.29) is 5.41 Å². The molecule has 135 valence electrons. The molecule has 2 nitrogen and oxygen atoms in total. The second kappa shape index (κ2) is 10.9. The van der Waals surface area contributed by atoms with Gasteiger partial charge in [-0.15, -0.1) is 11.8 Å². The van der Waals surface area contributed by atoms with Crippen molar-refractivity contribution in [2.75, 3.05) is 6.26 Å². The van der Waals surface area contributed by atoms with Crippen LogP contribution in [0.2, 0.25) is 0 Å². The molecule has 0 amide bonds. The summed E-state index contributed by atoms with van der Waals surface area (Å²) in [6.45, 7) is 6.27. The normalized spacial score (nSPS) is 11.2. The number of hydrogen-bond donors (Lipinski definition) is 1. The summed E-state index contributed by atoms with van der Waals surface area (Å²) in [4.78, 5) is 5.65. The Hall–Kier alpha value is -0.156. The fraction of sp³-hybridized carbons (Fsp3) is 0.278. The van der Waals surface area contributed by atoms with Crippen molar-refractivity contribution >= 4 is 51.6 Å². The first-order valence-electron chi connectivity index (χ1n) is 7.49. The van der Waals surface area contributed by atoms with E-state index in [1.54, 1.807) is 18.0 Å². The molecule has 0 aliphatic carbocycles. The second-order valence-electron chi connectivity index (χ2n) is 6.14. The molecule has 0 aliphatic rings. The molecule has 2 aromatic carbocycles. The molecule has 0 unspecified atom stereocenters. The first kappa shape index (κ1) is 22.9. The molecule has 0 aromatic heterocycles. The number of phenols is 1. The third-order valence-electron chi connectivity index (χ3n) is 3.30. The van der Waals surface area contributed by atoms with E-state index in [9.17, 15) is 5.11 Å². The van der Waals surface area contributed by atoms with Crippen LogP contribution in [-0.2, 0) is 20.1 Å². The molecule has 0 aliphatic heterocycles.